The van der Waals surface area contributed by atoms with Crippen molar-refractivity contribution in [3.05, 3.63) is 77.8 Å². The maximum Gasteiger partial charge on any atom is 0.289 e. The Kier molecular flexibility index (Phi) is 4.09. The zero-order valence-corrected chi connectivity index (χ0v) is 13.6. The van der Waals surface area contributed by atoms with Crippen LogP contribution in [0.5, 0.6) is 0 Å². The summed E-state index contributed by atoms with van der Waals surface area (Å²) in [5.41, 5.74) is 0.677. The van der Waals surface area contributed by atoms with Crippen molar-refractivity contribution < 1.29 is 13.6 Å². The number of nitrogens with zero attached hydrogens (tertiary/aromatic N) is 3. The van der Waals surface area contributed by atoms with E-state index in [4.69, 9.17) is 4.42 Å². The highest BCUT2D eigenvalue weighted by molar-refractivity contribution is 5.91. The summed E-state index contributed by atoms with van der Waals surface area (Å²) in [5, 5.41) is 4.12. The summed E-state index contributed by atoms with van der Waals surface area (Å²) in [7, 11) is 0. The van der Waals surface area contributed by atoms with Crippen LogP contribution in [0.3, 0.4) is 0 Å². The molecular formula is C19H18FN3O2. The van der Waals surface area contributed by atoms with Gasteiger partial charge in [0, 0.05) is 31.4 Å². The molecular weight excluding hydrogens is 321 g/mol. The molecule has 1 atom stereocenters. The average Bonchev–Trinajstić information content (AvgIpc) is 3.37. The molecule has 1 saturated heterocycles. The van der Waals surface area contributed by atoms with Crippen LogP contribution in [-0.4, -0.2) is 33.7 Å². The summed E-state index contributed by atoms with van der Waals surface area (Å²) >= 11 is 0. The van der Waals surface area contributed by atoms with E-state index in [-0.39, 0.29) is 17.6 Å². The largest absolute Gasteiger partial charge is 0.454 e. The molecule has 0 unspecified atom stereocenters. The van der Waals surface area contributed by atoms with E-state index in [1.54, 1.807) is 40.0 Å². The van der Waals surface area contributed by atoms with Crippen LogP contribution >= 0.6 is 0 Å². The minimum absolute atomic E-state index is 0.0312. The Morgan fingerprint density at radius 1 is 1.24 bits per heavy atom. The Morgan fingerprint density at radius 2 is 2.12 bits per heavy atom. The summed E-state index contributed by atoms with van der Waals surface area (Å²) in [6, 6.07) is 12.1. The van der Waals surface area contributed by atoms with E-state index >= 15 is 0 Å². The third-order valence-electron chi connectivity index (χ3n) is 4.57. The van der Waals surface area contributed by atoms with E-state index in [2.05, 4.69) is 5.10 Å². The zero-order valence-electron chi connectivity index (χ0n) is 13.6. The van der Waals surface area contributed by atoms with Gasteiger partial charge in [-0.05, 0) is 36.2 Å². The first-order chi connectivity index (χ1) is 12.2. The molecule has 2 aromatic heterocycles. The first-order valence-corrected chi connectivity index (χ1v) is 8.30. The molecule has 0 spiro atoms. The molecule has 0 radical (unpaired) electrons. The van der Waals surface area contributed by atoms with Gasteiger partial charge in [0.25, 0.3) is 5.91 Å². The molecule has 3 aromatic rings. The zero-order chi connectivity index (χ0) is 17.2. The van der Waals surface area contributed by atoms with E-state index in [1.807, 2.05) is 18.3 Å². The van der Waals surface area contributed by atoms with Gasteiger partial charge in [-0.2, -0.15) is 5.10 Å². The van der Waals surface area contributed by atoms with Gasteiger partial charge in [-0.3, -0.25) is 9.48 Å². The van der Waals surface area contributed by atoms with Gasteiger partial charge in [-0.15, -0.1) is 0 Å². The molecule has 3 heterocycles. The molecule has 0 saturated carbocycles. The minimum atomic E-state index is -0.207. The quantitative estimate of drug-likeness (QED) is 0.733. The molecule has 0 N–H and O–H groups in total. The highest BCUT2D eigenvalue weighted by Crippen LogP contribution is 2.30. The fourth-order valence-electron chi connectivity index (χ4n) is 3.29. The number of halogens is 1. The predicted octanol–water partition coefficient (Wildman–Crippen LogP) is 3.29. The number of carbonyl (C=O) groups is 1. The molecule has 0 bridgehead atoms. The molecule has 6 heteroatoms. The van der Waals surface area contributed by atoms with Crippen molar-refractivity contribution >= 4 is 5.91 Å². The van der Waals surface area contributed by atoms with Gasteiger partial charge >= 0.3 is 0 Å². The van der Waals surface area contributed by atoms with Crippen LogP contribution in [0.15, 0.2) is 59.3 Å². The Morgan fingerprint density at radius 3 is 2.92 bits per heavy atom. The fourth-order valence-corrected chi connectivity index (χ4v) is 3.29. The second kappa shape index (κ2) is 6.55. The van der Waals surface area contributed by atoms with E-state index in [0.717, 1.165) is 6.42 Å². The lowest BCUT2D eigenvalue weighted by Gasteiger charge is -2.15. The number of aromatic nitrogens is 2. The lowest BCUT2D eigenvalue weighted by molar-refractivity contribution is 0.0757. The number of rotatable bonds is 4. The van der Waals surface area contributed by atoms with Crippen molar-refractivity contribution in [2.24, 2.45) is 0 Å². The summed E-state index contributed by atoms with van der Waals surface area (Å²) in [4.78, 5) is 14.4. The Hall–Kier alpha value is -2.89. The first kappa shape index (κ1) is 15.6. The third-order valence-corrected chi connectivity index (χ3v) is 4.57. The highest BCUT2D eigenvalue weighted by atomic mass is 19.1. The predicted molar refractivity (Wildman–Crippen MR) is 89.7 cm³/mol. The number of benzene rings is 1. The van der Waals surface area contributed by atoms with E-state index in [1.165, 1.54) is 6.07 Å². The average molecular weight is 339 g/mol. The molecule has 1 amide bonds. The van der Waals surface area contributed by atoms with Crippen molar-refractivity contribution in [3.8, 4) is 0 Å². The summed E-state index contributed by atoms with van der Waals surface area (Å²) < 4.78 is 21.3. The monoisotopic (exact) mass is 339 g/mol. The van der Waals surface area contributed by atoms with Gasteiger partial charge in [0.15, 0.2) is 5.76 Å². The molecule has 4 rings (SSSR count). The normalized spacial score (nSPS) is 17.2. The van der Waals surface area contributed by atoms with Gasteiger partial charge in [0.1, 0.15) is 11.6 Å². The van der Waals surface area contributed by atoms with Crippen LogP contribution in [0.2, 0.25) is 0 Å². The van der Waals surface area contributed by atoms with Crippen molar-refractivity contribution in [2.75, 3.05) is 13.1 Å². The van der Waals surface area contributed by atoms with Gasteiger partial charge in [-0.25, -0.2) is 4.39 Å². The molecule has 1 aromatic carbocycles. The van der Waals surface area contributed by atoms with Crippen molar-refractivity contribution in [3.63, 3.8) is 0 Å². The first-order valence-electron chi connectivity index (χ1n) is 8.30. The molecule has 1 aliphatic rings. The minimum Gasteiger partial charge on any atom is -0.454 e. The Balaban J connectivity index is 1.44. The lowest BCUT2D eigenvalue weighted by atomic mass is 9.98. The van der Waals surface area contributed by atoms with Crippen LogP contribution in [0.1, 0.15) is 34.2 Å². The van der Waals surface area contributed by atoms with Gasteiger partial charge in [0.2, 0.25) is 0 Å². The maximum absolute atomic E-state index is 13.9. The molecule has 128 valence electrons. The van der Waals surface area contributed by atoms with Crippen LogP contribution in [0.25, 0.3) is 0 Å². The van der Waals surface area contributed by atoms with Gasteiger partial charge < -0.3 is 9.32 Å². The highest BCUT2D eigenvalue weighted by Gasteiger charge is 2.30. The standard InChI is InChI=1S/C19H18FN3O2/c20-17-5-2-1-4-16(17)14-8-11-22(12-14)19(24)18-7-6-15(25-18)13-23-10-3-9-21-23/h1-7,9-10,14H,8,11-13H2/t14-/m1/s1. The van der Waals surface area contributed by atoms with E-state index < -0.39 is 0 Å². The van der Waals surface area contributed by atoms with Crippen LogP contribution < -0.4 is 0 Å². The molecule has 5 nitrogen and oxygen atoms in total. The number of furan rings is 1. The Labute approximate surface area is 144 Å². The Bertz CT molecular complexity index is 872. The molecule has 0 aliphatic carbocycles. The van der Waals surface area contributed by atoms with E-state index in [0.29, 0.717) is 36.7 Å². The summed E-state index contributed by atoms with van der Waals surface area (Å²) in [5.74, 6) is 0.670. The smallest absolute Gasteiger partial charge is 0.289 e. The second-order valence-corrected chi connectivity index (χ2v) is 6.23. The van der Waals surface area contributed by atoms with Gasteiger partial charge in [-0.1, -0.05) is 18.2 Å². The second-order valence-electron chi connectivity index (χ2n) is 6.23. The number of hydrogen-bond acceptors (Lipinski definition) is 3. The van der Waals surface area contributed by atoms with Crippen LogP contribution in [0, 0.1) is 5.82 Å². The number of hydrogen-bond donors (Lipinski definition) is 0. The molecule has 25 heavy (non-hydrogen) atoms. The molecule has 1 fully saturated rings. The van der Waals surface area contributed by atoms with Crippen molar-refractivity contribution in [1.29, 1.82) is 0 Å². The van der Waals surface area contributed by atoms with E-state index in [9.17, 15) is 9.18 Å². The summed E-state index contributed by atoms with van der Waals surface area (Å²) in [6.07, 6.45) is 4.29. The number of carbonyl (C=O) groups excluding carboxylic acids is 1. The SMILES string of the molecule is O=C(c1ccc(Cn2cccn2)o1)N1CC[C@@H](c2ccccc2F)C1. The van der Waals surface area contributed by atoms with Crippen LogP contribution in [0.4, 0.5) is 4.39 Å². The van der Waals surface area contributed by atoms with Crippen molar-refractivity contribution in [2.45, 2.75) is 18.9 Å². The number of amides is 1. The van der Waals surface area contributed by atoms with Gasteiger partial charge in [0.05, 0.1) is 6.54 Å². The fraction of sp³-hybridized carbons (Fsp3) is 0.263. The number of likely N-dealkylation sites (tertiary alicyclic amines) is 1. The van der Waals surface area contributed by atoms with Crippen molar-refractivity contribution in [1.82, 2.24) is 14.7 Å². The van der Waals surface area contributed by atoms with Crippen LogP contribution in [-0.2, 0) is 6.54 Å². The molecule has 1 aliphatic heterocycles. The third kappa shape index (κ3) is 3.20. The maximum atomic E-state index is 13.9. The summed E-state index contributed by atoms with van der Waals surface area (Å²) in [6.45, 7) is 1.60. The topological polar surface area (TPSA) is 51.3 Å². The lowest BCUT2D eigenvalue weighted by Crippen LogP contribution is -2.28.